The van der Waals surface area contributed by atoms with Crippen LogP contribution in [0.2, 0.25) is 5.02 Å². The van der Waals surface area contributed by atoms with E-state index in [-0.39, 0.29) is 12.5 Å². The molecule has 5 nitrogen and oxygen atoms in total. The van der Waals surface area contributed by atoms with Crippen LogP contribution in [-0.4, -0.2) is 22.5 Å². The van der Waals surface area contributed by atoms with E-state index < -0.39 is 0 Å². The lowest BCUT2D eigenvalue weighted by molar-refractivity contribution is -0.118. The van der Waals surface area contributed by atoms with Crippen molar-refractivity contribution < 1.29 is 9.53 Å². The molecule has 2 aromatic carbocycles. The predicted octanol–water partition coefficient (Wildman–Crippen LogP) is 3.30. The maximum Gasteiger partial charge on any atom is 0.262 e. The Balaban J connectivity index is 1.60. The highest BCUT2D eigenvalue weighted by molar-refractivity contribution is 6.30. The summed E-state index contributed by atoms with van der Waals surface area (Å²) < 4.78 is 5.47. The molecule has 0 saturated heterocycles. The fourth-order valence-corrected chi connectivity index (χ4v) is 2.04. The molecule has 0 saturated carbocycles. The third-order valence-corrected chi connectivity index (χ3v) is 3.19. The second-order valence-electron chi connectivity index (χ2n) is 4.55. The van der Waals surface area contributed by atoms with Crippen molar-refractivity contribution in [2.45, 2.75) is 0 Å². The van der Waals surface area contributed by atoms with E-state index in [1.165, 1.54) is 0 Å². The molecule has 0 unspecified atom stereocenters. The van der Waals surface area contributed by atoms with Gasteiger partial charge in [-0.3, -0.25) is 14.8 Å². The summed E-state index contributed by atoms with van der Waals surface area (Å²) >= 11 is 5.79. The largest absolute Gasteiger partial charge is 0.484 e. The van der Waals surface area contributed by atoms with Gasteiger partial charge < -0.3 is 10.1 Å². The molecular weight excluding hydrogens is 302 g/mol. The monoisotopic (exact) mass is 313 g/mol. The second-order valence-corrected chi connectivity index (χ2v) is 4.99. The summed E-state index contributed by atoms with van der Waals surface area (Å²) in [5.74, 6) is 0.320. The molecule has 0 spiro atoms. The molecular formula is C16H12ClN3O2. The van der Waals surface area contributed by atoms with Gasteiger partial charge in [0, 0.05) is 29.2 Å². The van der Waals surface area contributed by atoms with Crippen molar-refractivity contribution in [2.75, 3.05) is 11.9 Å². The van der Waals surface area contributed by atoms with Gasteiger partial charge in [-0.15, -0.1) is 0 Å². The first kappa shape index (κ1) is 14.3. The van der Waals surface area contributed by atoms with Crippen molar-refractivity contribution >= 4 is 34.2 Å². The molecule has 0 fully saturated rings. The maximum absolute atomic E-state index is 11.8. The summed E-state index contributed by atoms with van der Waals surface area (Å²) in [6.45, 7) is -0.0889. The first-order valence-corrected chi connectivity index (χ1v) is 6.97. The molecule has 0 bridgehead atoms. The normalized spacial score (nSPS) is 10.4. The molecule has 110 valence electrons. The number of anilines is 1. The van der Waals surface area contributed by atoms with Crippen LogP contribution >= 0.6 is 11.6 Å². The Kier molecular flexibility index (Phi) is 4.16. The van der Waals surface area contributed by atoms with Gasteiger partial charge >= 0.3 is 0 Å². The van der Waals surface area contributed by atoms with Crippen LogP contribution < -0.4 is 10.1 Å². The van der Waals surface area contributed by atoms with E-state index in [4.69, 9.17) is 16.3 Å². The van der Waals surface area contributed by atoms with Crippen LogP contribution in [0.15, 0.2) is 54.9 Å². The number of rotatable bonds is 4. The van der Waals surface area contributed by atoms with E-state index >= 15 is 0 Å². The summed E-state index contributed by atoms with van der Waals surface area (Å²) in [5.41, 5.74) is 2.17. The highest BCUT2D eigenvalue weighted by Crippen LogP contribution is 2.17. The number of aromatic nitrogens is 2. The highest BCUT2D eigenvalue weighted by atomic mass is 35.5. The van der Waals surface area contributed by atoms with E-state index in [1.807, 2.05) is 0 Å². The minimum Gasteiger partial charge on any atom is -0.484 e. The quantitative estimate of drug-likeness (QED) is 0.802. The molecule has 22 heavy (non-hydrogen) atoms. The molecule has 0 aliphatic rings. The molecule has 3 rings (SSSR count). The number of amides is 1. The number of fused-ring (bicyclic) bond motifs is 1. The zero-order valence-corrected chi connectivity index (χ0v) is 12.2. The minimum absolute atomic E-state index is 0.0889. The van der Waals surface area contributed by atoms with Crippen LogP contribution in [0.4, 0.5) is 5.69 Å². The lowest BCUT2D eigenvalue weighted by atomic mass is 10.3. The molecule has 1 aromatic heterocycles. The first-order valence-electron chi connectivity index (χ1n) is 6.60. The number of ether oxygens (including phenoxy) is 1. The van der Waals surface area contributed by atoms with Gasteiger partial charge in [0.1, 0.15) is 5.75 Å². The standard InChI is InChI=1S/C16H12ClN3O2/c17-11-1-3-12(4-2-11)20-16(21)10-22-13-5-6-14-15(9-13)19-8-7-18-14/h1-9H,10H2,(H,20,21). The highest BCUT2D eigenvalue weighted by Gasteiger charge is 2.05. The van der Waals surface area contributed by atoms with Gasteiger partial charge in [-0.1, -0.05) is 11.6 Å². The number of halogens is 1. The van der Waals surface area contributed by atoms with Gasteiger partial charge in [0.25, 0.3) is 5.91 Å². The number of hydrogen-bond acceptors (Lipinski definition) is 4. The summed E-state index contributed by atoms with van der Waals surface area (Å²) in [6, 6.07) is 12.2. The van der Waals surface area contributed by atoms with Crippen LogP contribution in [0.3, 0.4) is 0 Å². The number of nitrogens with zero attached hydrogens (tertiary/aromatic N) is 2. The van der Waals surface area contributed by atoms with Gasteiger partial charge in [-0.05, 0) is 36.4 Å². The Morgan fingerprint density at radius 2 is 1.77 bits per heavy atom. The summed E-state index contributed by atoms with van der Waals surface area (Å²) in [4.78, 5) is 20.2. The zero-order chi connectivity index (χ0) is 15.4. The van der Waals surface area contributed by atoms with Crippen LogP contribution in [0.1, 0.15) is 0 Å². The average molecular weight is 314 g/mol. The Labute approximate surface area is 131 Å². The van der Waals surface area contributed by atoms with E-state index in [2.05, 4.69) is 15.3 Å². The van der Waals surface area contributed by atoms with Crippen LogP contribution in [0.5, 0.6) is 5.75 Å². The van der Waals surface area contributed by atoms with Gasteiger partial charge in [0.2, 0.25) is 0 Å². The van der Waals surface area contributed by atoms with Crippen LogP contribution in [0, 0.1) is 0 Å². The summed E-state index contributed by atoms with van der Waals surface area (Å²) in [7, 11) is 0. The fraction of sp³-hybridized carbons (Fsp3) is 0.0625. The van der Waals surface area contributed by atoms with Gasteiger partial charge in [-0.2, -0.15) is 0 Å². The van der Waals surface area contributed by atoms with Gasteiger partial charge in [0.15, 0.2) is 6.61 Å². The topological polar surface area (TPSA) is 64.1 Å². The third kappa shape index (κ3) is 3.51. The SMILES string of the molecule is O=C(COc1ccc2nccnc2c1)Nc1ccc(Cl)cc1. The first-order chi connectivity index (χ1) is 10.7. The average Bonchev–Trinajstić information content (AvgIpc) is 2.55. The molecule has 0 radical (unpaired) electrons. The predicted molar refractivity (Wildman–Crippen MR) is 85.1 cm³/mol. The van der Waals surface area contributed by atoms with Crippen molar-refractivity contribution in [3.05, 3.63) is 59.9 Å². The molecule has 6 heteroatoms. The molecule has 0 aliphatic heterocycles. The summed E-state index contributed by atoms with van der Waals surface area (Å²) in [6.07, 6.45) is 3.24. The number of hydrogen-bond donors (Lipinski definition) is 1. The molecule has 1 amide bonds. The smallest absolute Gasteiger partial charge is 0.262 e. The van der Waals surface area contributed by atoms with Crippen LogP contribution in [-0.2, 0) is 4.79 Å². The number of carbonyl (C=O) groups is 1. The van der Waals surface area contributed by atoms with Gasteiger partial charge in [-0.25, -0.2) is 0 Å². The maximum atomic E-state index is 11.8. The second kappa shape index (κ2) is 6.41. The lowest BCUT2D eigenvalue weighted by Gasteiger charge is -2.08. The minimum atomic E-state index is -0.249. The van der Waals surface area contributed by atoms with Crippen molar-refractivity contribution in [2.24, 2.45) is 0 Å². The molecule has 0 aliphatic carbocycles. The van der Waals surface area contributed by atoms with E-state index in [1.54, 1.807) is 54.9 Å². The molecule has 3 aromatic rings. The fourth-order valence-electron chi connectivity index (χ4n) is 1.91. The Morgan fingerprint density at radius 3 is 2.55 bits per heavy atom. The Morgan fingerprint density at radius 1 is 1.05 bits per heavy atom. The number of benzene rings is 2. The molecule has 1 N–H and O–H groups in total. The van der Waals surface area contributed by atoms with Crippen molar-refractivity contribution in [3.63, 3.8) is 0 Å². The molecule has 1 heterocycles. The van der Waals surface area contributed by atoms with E-state index in [0.29, 0.717) is 16.5 Å². The van der Waals surface area contributed by atoms with Crippen molar-refractivity contribution in [1.82, 2.24) is 9.97 Å². The van der Waals surface area contributed by atoms with Gasteiger partial charge in [0.05, 0.1) is 11.0 Å². The zero-order valence-electron chi connectivity index (χ0n) is 11.5. The van der Waals surface area contributed by atoms with E-state index in [0.717, 1.165) is 11.0 Å². The Bertz CT molecular complexity index is 806. The van der Waals surface area contributed by atoms with Crippen molar-refractivity contribution in [1.29, 1.82) is 0 Å². The lowest BCUT2D eigenvalue weighted by Crippen LogP contribution is -2.20. The molecule has 0 atom stereocenters. The van der Waals surface area contributed by atoms with E-state index in [9.17, 15) is 4.79 Å². The number of carbonyl (C=O) groups excluding carboxylic acids is 1. The van der Waals surface area contributed by atoms with Crippen LogP contribution in [0.25, 0.3) is 11.0 Å². The number of nitrogens with one attached hydrogen (secondary N) is 1. The summed E-state index contributed by atoms with van der Waals surface area (Å²) in [5, 5.41) is 3.34. The third-order valence-electron chi connectivity index (χ3n) is 2.94. The van der Waals surface area contributed by atoms with Crippen molar-refractivity contribution in [3.8, 4) is 5.75 Å². The Hall–Kier alpha value is -2.66.